The van der Waals surface area contributed by atoms with Crippen LogP contribution in [0.15, 0.2) is 48.5 Å². The van der Waals surface area contributed by atoms with Gasteiger partial charge in [0.25, 0.3) is 0 Å². The van der Waals surface area contributed by atoms with Crippen LogP contribution in [-0.4, -0.2) is 23.2 Å². The highest BCUT2D eigenvalue weighted by Crippen LogP contribution is 2.20. The number of nitrogens with two attached hydrogens (primary N) is 1. The Morgan fingerprint density at radius 2 is 1.21 bits per heavy atom. The zero-order valence-corrected chi connectivity index (χ0v) is 18.3. The lowest BCUT2D eigenvalue weighted by molar-refractivity contribution is -0.146. The molecule has 0 aliphatic carbocycles. The number of carbonyl (C=O) groups is 1. The first-order chi connectivity index (χ1) is 13.4. The number of rotatable bonds is 7. The van der Waals surface area contributed by atoms with Crippen molar-refractivity contribution in [1.82, 2.24) is 0 Å². The van der Waals surface area contributed by atoms with E-state index < -0.39 is 12.0 Å². The van der Waals surface area contributed by atoms with Crippen molar-refractivity contribution in [1.29, 1.82) is 0 Å². The van der Waals surface area contributed by atoms with Crippen LogP contribution in [0.4, 0.5) is 0 Å². The Morgan fingerprint density at radius 3 is 1.62 bits per heavy atom. The molecule has 0 heterocycles. The first kappa shape index (κ1) is 22.8. The quantitative estimate of drug-likeness (QED) is 0.686. The van der Waals surface area contributed by atoms with E-state index in [4.69, 9.17) is 19.9 Å². The van der Waals surface area contributed by atoms with Gasteiger partial charge < -0.3 is 19.9 Å². The first-order valence-electron chi connectivity index (χ1n) is 9.89. The zero-order valence-electron chi connectivity index (χ0n) is 18.3. The average molecular weight is 400 g/mol. The van der Waals surface area contributed by atoms with E-state index in [9.17, 15) is 4.79 Å². The Kier molecular flexibility index (Phi) is 7.31. The van der Waals surface area contributed by atoms with Crippen molar-refractivity contribution in [3.05, 3.63) is 59.7 Å². The van der Waals surface area contributed by atoms with E-state index in [1.165, 1.54) is 0 Å². The van der Waals surface area contributed by atoms with Crippen LogP contribution in [0.1, 0.15) is 52.7 Å². The summed E-state index contributed by atoms with van der Waals surface area (Å²) in [5, 5.41) is 0. The van der Waals surface area contributed by atoms with Gasteiger partial charge in [-0.15, -0.1) is 0 Å². The number of hydrogen-bond acceptors (Lipinski definition) is 5. The van der Waals surface area contributed by atoms with Gasteiger partial charge in [-0.1, -0.05) is 24.3 Å². The van der Waals surface area contributed by atoms with Crippen LogP contribution < -0.4 is 15.2 Å². The maximum Gasteiger partial charge on any atom is 0.323 e. The number of ether oxygens (including phenoxy) is 3. The third kappa shape index (κ3) is 8.57. The molecule has 5 nitrogen and oxygen atoms in total. The van der Waals surface area contributed by atoms with Crippen molar-refractivity contribution in [3.8, 4) is 11.5 Å². The molecule has 2 N–H and O–H groups in total. The fourth-order valence-corrected chi connectivity index (χ4v) is 2.65. The third-order valence-corrected chi connectivity index (χ3v) is 3.83. The average Bonchev–Trinajstić information content (AvgIpc) is 2.60. The van der Waals surface area contributed by atoms with Crippen LogP contribution in [-0.2, 0) is 22.6 Å². The standard InChI is InChI=1S/C24H33NO4/c1-23(2,3)28-19-11-7-17(8-12-19)15-21(25)22(26)27-16-18-9-13-20(14-10-18)29-24(4,5)6/h7-14,21H,15-16,25H2,1-6H3/t21-/m0/s1. The minimum absolute atomic E-state index is 0.181. The van der Waals surface area contributed by atoms with E-state index in [-0.39, 0.29) is 17.8 Å². The SMILES string of the molecule is CC(C)(C)Oc1ccc(COC(=O)[C@@H](N)Cc2ccc(OC(C)(C)C)cc2)cc1. The van der Waals surface area contributed by atoms with E-state index in [0.717, 1.165) is 22.6 Å². The molecule has 0 spiro atoms. The summed E-state index contributed by atoms with van der Waals surface area (Å²) in [6, 6.07) is 14.4. The molecular weight excluding hydrogens is 366 g/mol. The number of carbonyl (C=O) groups excluding carboxylic acids is 1. The van der Waals surface area contributed by atoms with Gasteiger partial charge >= 0.3 is 5.97 Å². The zero-order chi connectivity index (χ0) is 21.7. The summed E-state index contributed by atoms with van der Waals surface area (Å²) < 4.78 is 16.9. The number of hydrogen-bond donors (Lipinski definition) is 1. The van der Waals surface area contributed by atoms with E-state index >= 15 is 0 Å². The molecule has 2 aromatic rings. The Bertz CT molecular complexity index is 784. The second-order valence-electron chi connectivity index (χ2n) is 9.14. The minimum atomic E-state index is -0.715. The van der Waals surface area contributed by atoms with Gasteiger partial charge in [0.05, 0.1) is 0 Å². The monoisotopic (exact) mass is 399 g/mol. The van der Waals surface area contributed by atoms with Crippen LogP contribution >= 0.6 is 0 Å². The van der Waals surface area contributed by atoms with Crippen molar-refractivity contribution < 1.29 is 19.0 Å². The molecule has 0 unspecified atom stereocenters. The van der Waals surface area contributed by atoms with Crippen molar-refractivity contribution >= 4 is 5.97 Å². The van der Waals surface area contributed by atoms with Crippen molar-refractivity contribution in [2.75, 3.05) is 0 Å². The molecule has 0 fully saturated rings. The maximum atomic E-state index is 12.2. The lowest BCUT2D eigenvalue weighted by Crippen LogP contribution is -2.34. The van der Waals surface area contributed by atoms with Crippen LogP contribution in [0.25, 0.3) is 0 Å². The van der Waals surface area contributed by atoms with Crippen molar-refractivity contribution in [3.63, 3.8) is 0 Å². The summed E-state index contributed by atoms with van der Waals surface area (Å²) in [7, 11) is 0. The Balaban J connectivity index is 1.83. The number of benzene rings is 2. The molecule has 29 heavy (non-hydrogen) atoms. The predicted octanol–water partition coefficient (Wildman–Crippen LogP) is 4.65. The van der Waals surface area contributed by atoms with Gasteiger partial charge in [0.15, 0.2) is 0 Å². The van der Waals surface area contributed by atoms with Gasteiger partial charge in [0.2, 0.25) is 0 Å². The summed E-state index contributed by atoms with van der Waals surface area (Å²) in [6.07, 6.45) is 0.410. The summed E-state index contributed by atoms with van der Waals surface area (Å²) in [5.41, 5.74) is 7.36. The largest absolute Gasteiger partial charge is 0.488 e. The Labute approximate surface area is 174 Å². The molecule has 0 aliphatic heterocycles. The molecule has 0 saturated heterocycles. The van der Waals surface area contributed by atoms with Gasteiger partial charge in [-0.05, 0) is 83.4 Å². The van der Waals surface area contributed by atoms with Crippen LogP contribution in [0.2, 0.25) is 0 Å². The molecule has 158 valence electrons. The van der Waals surface area contributed by atoms with Crippen LogP contribution in [0.5, 0.6) is 11.5 Å². The molecule has 2 aromatic carbocycles. The van der Waals surface area contributed by atoms with E-state index in [1.54, 1.807) is 0 Å². The molecule has 0 aliphatic rings. The van der Waals surface area contributed by atoms with E-state index in [0.29, 0.717) is 6.42 Å². The van der Waals surface area contributed by atoms with E-state index in [1.807, 2.05) is 90.1 Å². The fraction of sp³-hybridized carbons (Fsp3) is 0.458. The van der Waals surface area contributed by atoms with Gasteiger partial charge in [0, 0.05) is 0 Å². The summed E-state index contributed by atoms with van der Waals surface area (Å²) in [4.78, 5) is 12.2. The maximum absolute atomic E-state index is 12.2. The van der Waals surface area contributed by atoms with Crippen LogP contribution in [0.3, 0.4) is 0 Å². The lowest BCUT2D eigenvalue weighted by Gasteiger charge is -2.21. The van der Waals surface area contributed by atoms with Crippen molar-refractivity contribution in [2.45, 2.75) is 71.8 Å². The Morgan fingerprint density at radius 1 is 0.793 bits per heavy atom. The highest BCUT2D eigenvalue weighted by atomic mass is 16.5. The molecular formula is C24H33NO4. The second-order valence-corrected chi connectivity index (χ2v) is 9.14. The highest BCUT2D eigenvalue weighted by molar-refractivity contribution is 5.75. The molecule has 0 radical (unpaired) electrons. The molecule has 0 bridgehead atoms. The second kappa shape index (κ2) is 9.31. The normalized spacial score (nSPS) is 12.9. The first-order valence-corrected chi connectivity index (χ1v) is 9.89. The van der Waals surface area contributed by atoms with Gasteiger partial charge in [0.1, 0.15) is 35.3 Å². The van der Waals surface area contributed by atoms with Gasteiger partial charge in [-0.2, -0.15) is 0 Å². The third-order valence-electron chi connectivity index (χ3n) is 3.83. The smallest absolute Gasteiger partial charge is 0.323 e. The molecule has 0 aromatic heterocycles. The van der Waals surface area contributed by atoms with Gasteiger partial charge in [-0.25, -0.2) is 0 Å². The summed E-state index contributed by atoms with van der Waals surface area (Å²) in [6.45, 7) is 12.2. The summed E-state index contributed by atoms with van der Waals surface area (Å²) >= 11 is 0. The lowest BCUT2D eigenvalue weighted by atomic mass is 10.1. The number of esters is 1. The molecule has 0 saturated carbocycles. The minimum Gasteiger partial charge on any atom is -0.488 e. The van der Waals surface area contributed by atoms with Crippen molar-refractivity contribution in [2.24, 2.45) is 5.73 Å². The van der Waals surface area contributed by atoms with E-state index in [2.05, 4.69) is 0 Å². The highest BCUT2D eigenvalue weighted by Gasteiger charge is 2.17. The van der Waals surface area contributed by atoms with Crippen LogP contribution in [0, 0.1) is 0 Å². The van der Waals surface area contributed by atoms with Gasteiger partial charge in [-0.3, -0.25) is 4.79 Å². The fourth-order valence-electron chi connectivity index (χ4n) is 2.65. The molecule has 0 amide bonds. The summed E-state index contributed by atoms with van der Waals surface area (Å²) in [5.74, 6) is 1.15. The topological polar surface area (TPSA) is 70.8 Å². The predicted molar refractivity (Wildman–Crippen MR) is 115 cm³/mol. The molecule has 1 atom stereocenters. The molecule has 2 rings (SSSR count). The molecule has 5 heteroatoms. The Hall–Kier alpha value is -2.53.